The van der Waals surface area contributed by atoms with Gasteiger partial charge in [0, 0.05) is 10.5 Å². The van der Waals surface area contributed by atoms with E-state index in [1.165, 1.54) is 32.1 Å². The maximum atomic E-state index is 12.6. The lowest BCUT2D eigenvalue weighted by Gasteiger charge is -2.32. The van der Waals surface area contributed by atoms with Gasteiger partial charge in [-0.05, 0) is 83.8 Å². The Morgan fingerprint density at radius 2 is 2.00 bits per heavy atom. The Kier molecular flexibility index (Phi) is 3.36. The average molecular weight is 348 g/mol. The summed E-state index contributed by atoms with van der Waals surface area (Å²) in [5, 5.41) is 3.34. The van der Waals surface area contributed by atoms with Crippen molar-refractivity contribution in [3.05, 3.63) is 33.8 Å². The van der Waals surface area contributed by atoms with Crippen molar-refractivity contribution >= 4 is 21.8 Å². The van der Waals surface area contributed by atoms with Crippen LogP contribution in [0.5, 0.6) is 0 Å². The third-order valence-corrected chi connectivity index (χ3v) is 7.23. The molecule has 5 atom stereocenters. The molecule has 0 heterocycles. The predicted octanol–water partition coefficient (Wildman–Crippen LogP) is 4.31. The van der Waals surface area contributed by atoms with E-state index in [-0.39, 0.29) is 5.91 Å². The molecule has 0 radical (unpaired) electrons. The van der Waals surface area contributed by atoms with Crippen molar-refractivity contribution < 1.29 is 4.79 Å². The SMILES string of the molecule is Cc1cccc(C(=O)NC2CC3CC2C2CCCC32)c1Br. The summed E-state index contributed by atoms with van der Waals surface area (Å²) >= 11 is 3.56. The third kappa shape index (κ3) is 2.16. The summed E-state index contributed by atoms with van der Waals surface area (Å²) in [6.07, 6.45) is 6.81. The summed E-state index contributed by atoms with van der Waals surface area (Å²) in [6.45, 7) is 2.03. The maximum absolute atomic E-state index is 12.6. The standard InChI is InChI=1S/C18H22BrNO/c1-10-4-2-7-14(17(10)19)18(21)20-16-9-11-8-15(16)13-6-3-5-12(11)13/h2,4,7,11-13,15-16H,3,5-6,8-9H2,1H3,(H,20,21). The molecule has 21 heavy (non-hydrogen) atoms. The fraction of sp³-hybridized carbons (Fsp3) is 0.611. The van der Waals surface area contributed by atoms with Crippen molar-refractivity contribution in [3.63, 3.8) is 0 Å². The van der Waals surface area contributed by atoms with E-state index in [0.29, 0.717) is 6.04 Å². The summed E-state index contributed by atoms with van der Waals surface area (Å²) < 4.78 is 0.935. The highest BCUT2D eigenvalue weighted by Gasteiger charge is 2.54. The minimum absolute atomic E-state index is 0.0951. The molecule has 1 N–H and O–H groups in total. The van der Waals surface area contributed by atoms with Crippen LogP contribution < -0.4 is 5.32 Å². The van der Waals surface area contributed by atoms with Gasteiger partial charge in [0.05, 0.1) is 5.56 Å². The summed E-state index contributed by atoms with van der Waals surface area (Å²) in [7, 11) is 0. The Labute approximate surface area is 134 Å². The highest BCUT2D eigenvalue weighted by molar-refractivity contribution is 9.10. The highest BCUT2D eigenvalue weighted by atomic mass is 79.9. The number of benzene rings is 1. The quantitative estimate of drug-likeness (QED) is 0.848. The van der Waals surface area contributed by atoms with Gasteiger partial charge in [0.2, 0.25) is 0 Å². The average Bonchev–Trinajstić information content (AvgIpc) is 3.13. The van der Waals surface area contributed by atoms with E-state index in [4.69, 9.17) is 0 Å². The van der Waals surface area contributed by atoms with Crippen molar-refractivity contribution in [1.82, 2.24) is 5.32 Å². The van der Waals surface area contributed by atoms with E-state index < -0.39 is 0 Å². The Bertz CT molecular complexity index is 585. The number of fused-ring (bicyclic) bond motifs is 5. The van der Waals surface area contributed by atoms with Gasteiger partial charge in [0.1, 0.15) is 0 Å². The molecule has 4 rings (SSSR count). The van der Waals surface area contributed by atoms with E-state index in [9.17, 15) is 4.79 Å². The number of hydrogen-bond acceptors (Lipinski definition) is 1. The van der Waals surface area contributed by atoms with Gasteiger partial charge in [-0.25, -0.2) is 0 Å². The number of aryl methyl sites for hydroxylation is 1. The van der Waals surface area contributed by atoms with Gasteiger partial charge >= 0.3 is 0 Å². The van der Waals surface area contributed by atoms with E-state index in [0.717, 1.165) is 39.3 Å². The predicted molar refractivity (Wildman–Crippen MR) is 87.2 cm³/mol. The third-order valence-electron chi connectivity index (χ3n) is 6.18. The molecule has 5 unspecified atom stereocenters. The summed E-state index contributed by atoms with van der Waals surface area (Å²) in [5.41, 5.74) is 1.90. The molecule has 1 aromatic rings. The van der Waals surface area contributed by atoms with E-state index >= 15 is 0 Å². The highest BCUT2D eigenvalue weighted by Crippen LogP contribution is 2.58. The molecule has 1 amide bonds. The molecule has 3 aliphatic rings. The van der Waals surface area contributed by atoms with Crippen LogP contribution in [0, 0.1) is 30.6 Å². The van der Waals surface area contributed by atoms with Crippen LogP contribution in [-0.4, -0.2) is 11.9 Å². The fourth-order valence-electron chi connectivity index (χ4n) is 5.30. The topological polar surface area (TPSA) is 29.1 Å². The van der Waals surface area contributed by atoms with E-state index in [1.807, 2.05) is 25.1 Å². The van der Waals surface area contributed by atoms with Crippen LogP contribution in [0.15, 0.2) is 22.7 Å². The Balaban J connectivity index is 1.50. The number of nitrogens with one attached hydrogen (secondary N) is 1. The van der Waals surface area contributed by atoms with Crippen molar-refractivity contribution in [2.75, 3.05) is 0 Å². The first kappa shape index (κ1) is 13.8. The normalized spacial score (nSPS) is 36.8. The van der Waals surface area contributed by atoms with Gasteiger partial charge in [-0.1, -0.05) is 18.6 Å². The van der Waals surface area contributed by atoms with Crippen molar-refractivity contribution in [2.24, 2.45) is 23.7 Å². The van der Waals surface area contributed by atoms with Crippen LogP contribution in [0.3, 0.4) is 0 Å². The zero-order valence-electron chi connectivity index (χ0n) is 12.4. The van der Waals surface area contributed by atoms with Crippen LogP contribution in [0.25, 0.3) is 0 Å². The first-order chi connectivity index (χ1) is 10.1. The molecular formula is C18H22BrNO. The van der Waals surface area contributed by atoms with Gasteiger partial charge in [0.25, 0.3) is 5.91 Å². The van der Waals surface area contributed by atoms with Gasteiger partial charge in [-0.3, -0.25) is 4.79 Å². The van der Waals surface area contributed by atoms with Crippen molar-refractivity contribution in [1.29, 1.82) is 0 Å². The Morgan fingerprint density at radius 1 is 1.19 bits per heavy atom. The Hall–Kier alpha value is -0.830. The number of carbonyl (C=O) groups is 1. The molecule has 3 saturated carbocycles. The zero-order chi connectivity index (χ0) is 14.6. The minimum Gasteiger partial charge on any atom is -0.349 e. The number of halogens is 1. The van der Waals surface area contributed by atoms with Crippen LogP contribution in [0.4, 0.5) is 0 Å². The lowest BCUT2D eigenvalue weighted by molar-refractivity contribution is 0.0900. The second-order valence-corrected chi connectivity index (χ2v) is 7.96. The van der Waals surface area contributed by atoms with Crippen molar-refractivity contribution in [3.8, 4) is 0 Å². The van der Waals surface area contributed by atoms with Gasteiger partial charge in [0.15, 0.2) is 0 Å². The maximum Gasteiger partial charge on any atom is 0.252 e. The summed E-state index contributed by atoms with van der Waals surface area (Å²) in [4.78, 5) is 12.6. The van der Waals surface area contributed by atoms with E-state index in [1.54, 1.807) is 0 Å². The second kappa shape index (κ2) is 5.12. The molecule has 0 saturated heterocycles. The lowest BCUT2D eigenvalue weighted by Crippen LogP contribution is -2.42. The molecule has 112 valence electrons. The molecule has 0 spiro atoms. The summed E-state index contributed by atoms with van der Waals surface area (Å²) in [5.74, 6) is 3.60. The van der Waals surface area contributed by atoms with Crippen LogP contribution in [0.1, 0.15) is 48.0 Å². The van der Waals surface area contributed by atoms with Gasteiger partial charge in [-0.2, -0.15) is 0 Å². The molecular weight excluding hydrogens is 326 g/mol. The van der Waals surface area contributed by atoms with Gasteiger partial charge < -0.3 is 5.32 Å². The molecule has 0 aromatic heterocycles. The molecule has 2 nitrogen and oxygen atoms in total. The van der Waals surface area contributed by atoms with Crippen LogP contribution in [0.2, 0.25) is 0 Å². The van der Waals surface area contributed by atoms with Crippen LogP contribution >= 0.6 is 15.9 Å². The first-order valence-electron chi connectivity index (χ1n) is 8.21. The monoisotopic (exact) mass is 347 g/mol. The van der Waals surface area contributed by atoms with E-state index in [2.05, 4.69) is 21.2 Å². The molecule has 3 aliphatic carbocycles. The van der Waals surface area contributed by atoms with Crippen LogP contribution in [-0.2, 0) is 0 Å². The minimum atomic E-state index is 0.0951. The number of amides is 1. The largest absolute Gasteiger partial charge is 0.349 e. The second-order valence-electron chi connectivity index (χ2n) is 7.17. The molecule has 1 aromatic carbocycles. The number of carbonyl (C=O) groups excluding carboxylic acids is 1. The first-order valence-corrected chi connectivity index (χ1v) is 9.00. The van der Waals surface area contributed by atoms with Crippen molar-refractivity contribution in [2.45, 2.75) is 45.1 Å². The molecule has 3 heteroatoms. The lowest BCUT2D eigenvalue weighted by atomic mass is 9.79. The molecule has 3 fully saturated rings. The van der Waals surface area contributed by atoms with Gasteiger partial charge in [-0.15, -0.1) is 0 Å². The fourth-order valence-corrected chi connectivity index (χ4v) is 5.75. The molecule has 2 bridgehead atoms. The number of rotatable bonds is 2. The smallest absolute Gasteiger partial charge is 0.252 e. The molecule has 0 aliphatic heterocycles. The zero-order valence-corrected chi connectivity index (χ0v) is 14.0. The number of hydrogen-bond donors (Lipinski definition) is 1. The summed E-state index contributed by atoms with van der Waals surface area (Å²) in [6, 6.07) is 6.32. The Morgan fingerprint density at radius 3 is 2.86 bits per heavy atom.